The molecule has 0 radical (unpaired) electrons. The Morgan fingerprint density at radius 2 is 1.70 bits per heavy atom. The number of hydrogen-bond acceptors (Lipinski definition) is 3. The van der Waals surface area contributed by atoms with Crippen LogP contribution < -0.4 is 0 Å². The molecule has 0 amide bonds. The van der Waals surface area contributed by atoms with E-state index in [4.69, 9.17) is 16.6 Å². The maximum absolute atomic E-state index is 6.26. The van der Waals surface area contributed by atoms with E-state index in [1.807, 2.05) is 36.5 Å². The van der Waals surface area contributed by atoms with E-state index >= 15 is 0 Å². The number of rotatable bonds is 2. The normalized spacial score (nSPS) is 11.5. The Morgan fingerprint density at radius 3 is 2.43 bits per heavy atom. The molecule has 116 valence electrons. The second-order valence-corrected chi connectivity index (χ2v) is 6.86. The van der Waals surface area contributed by atoms with Crippen molar-refractivity contribution in [3.8, 4) is 22.5 Å². The van der Waals surface area contributed by atoms with Gasteiger partial charge >= 0.3 is 0 Å². The van der Waals surface area contributed by atoms with Crippen molar-refractivity contribution in [1.29, 1.82) is 0 Å². The van der Waals surface area contributed by atoms with Crippen LogP contribution in [0.2, 0.25) is 5.02 Å². The maximum atomic E-state index is 6.26. The Labute approximate surface area is 141 Å². The highest BCUT2D eigenvalue weighted by Gasteiger charge is 2.16. The van der Waals surface area contributed by atoms with Crippen LogP contribution >= 0.6 is 11.6 Å². The number of halogens is 1. The van der Waals surface area contributed by atoms with Crippen LogP contribution in [-0.4, -0.2) is 15.0 Å². The van der Waals surface area contributed by atoms with Crippen LogP contribution in [0.3, 0.4) is 0 Å². The van der Waals surface area contributed by atoms with Crippen LogP contribution in [0.1, 0.15) is 26.5 Å². The van der Waals surface area contributed by atoms with E-state index in [1.165, 1.54) is 0 Å². The van der Waals surface area contributed by atoms with Gasteiger partial charge in [-0.3, -0.25) is 9.97 Å². The van der Waals surface area contributed by atoms with E-state index in [1.54, 1.807) is 12.4 Å². The van der Waals surface area contributed by atoms with E-state index < -0.39 is 0 Å². The summed E-state index contributed by atoms with van der Waals surface area (Å²) in [6.07, 6.45) is 5.32. The Balaban J connectivity index is 2.06. The molecular formula is C19H18ClN3. The number of pyridine rings is 1. The molecule has 3 nitrogen and oxygen atoms in total. The van der Waals surface area contributed by atoms with Gasteiger partial charge in [0.05, 0.1) is 28.8 Å². The third-order valence-electron chi connectivity index (χ3n) is 3.61. The highest BCUT2D eigenvalue weighted by atomic mass is 35.5. The molecule has 0 fully saturated rings. The summed E-state index contributed by atoms with van der Waals surface area (Å²) in [7, 11) is 0. The summed E-state index contributed by atoms with van der Waals surface area (Å²) in [4.78, 5) is 13.5. The minimum atomic E-state index is -0.0101. The van der Waals surface area contributed by atoms with Crippen molar-refractivity contribution in [2.45, 2.75) is 26.2 Å². The van der Waals surface area contributed by atoms with Crippen molar-refractivity contribution in [2.75, 3.05) is 0 Å². The third kappa shape index (κ3) is 3.40. The number of benzene rings is 1. The lowest BCUT2D eigenvalue weighted by Gasteiger charge is -2.18. The Bertz CT molecular complexity index is 838. The van der Waals surface area contributed by atoms with Gasteiger partial charge in [-0.15, -0.1) is 0 Å². The fraction of sp³-hybridized carbons (Fsp3) is 0.211. The van der Waals surface area contributed by atoms with Gasteiger partial charge in [0.15, 0.2) is 0 Å². The number of aromatic nitrogens is 3. The van der Waals surface area contributed by atoms with Gasteiger partial charge in [0, 0.05) is 28.4 Å². The van der Waals surface area contributed by atoms with Crippen LogP contribution in [0, 0.1) is 0 Å². The van der Waals surface area contributed by atoms with Crippen LogP contribution in [0.15, 0.2) is 55.0 Å². The second-order valence-electron chi connectivity index (χ2n) is 6.45. The Hall–Kier alpha value is -2.26. The lowest BCUT2D eigenvalue weighted by molar-refractivity contribution is 0.569. The Morgan fingerprint density at radius 1 is 0.957 bits per heavy atom. The lowest BCUT2D eigenvalue weighted by atomic mass is 9.90. The molecular weight excluding hydrogens is 306 g/mol. The van der Waals surface area contributed by atoms with E-state index in [0.717, 1.165) is 28.2 Å². The van der Waals surface area contributed by atoms with Gasteiger partial charge in [-0.1, -0.05) is 50.6 Å². The van der Waals surface area contributed by atoms with Crippen molar-refractivity contribution in [3.63, 3.8) is 0 Å². The average molecular weight is 324 g/mol. The summed E-state index contributed by atoms with van der Waals surface area (Å²) in [5.41, 5.74) is 4.49. The molecule has 0 saturated carbocycles. The van der Waals surface area contributed by atoms with E-state index in [2.05, 4.69) is 36.8 Å². The summed E-state index contributed by atoms with van der Waals surface area (Å²) in [6.45, 7) is 6.43. The van der Waals surface area contributed by atoms with Crippen LogP contribution in [0.25, 0.3) is 22.5 Å². The first kappa shape index (κ1) is 15.6. The van der Waals surface area contributed by atoms with Crippen LogP contribution in [0.5, 0.6) is 0 Å². The minimum Gasteiger partial charge on any atom is -0.261 e. The molecule has 0 aliphatic rings. The van der Waals surface area contributed by atoms with Crippen molar-refractivity contribution in [2.24, 2.45) is 0 Å². The molecule has 3 aromatic rings. The van der Waals surface area contributed by atoms with Crippen LogP contribution in [-0.2, 0) is 5.41 Å². The zero-order valence-corrected chi connectivity index (χ0v) is 14.2. The largest absolute Gasteiger partial charge is 0.261 e. The topological polar surface area (TPSA) is 38.7 Å². The number of nitrogens with zero attached hydrogens (tertiary/aromatic N) is 3. The molecule has 3 rings (SSSR count). The Kier molecular flexibility index (Phi) is 4.14. The fourth-order valence-corrected chi connectivity index (χ4v) is 2.54. The molecule has 2 heterocycles. The lowest BCUT2D eigenvalue weighted by Crippen LogP contribution is -2.13. The predicted molar refractivity (Wildman–Crippen MR) is 94.4 cm³/mol. The van der Waals surface area contributed by atoms with Gasteiger partial charge in [-0.05, 0) is 18.2 Å². The molecule has 2 aromatic heterocycles. The summed E-state index contributed by atoms with van der Waals surface area (Å²) in [6, 6.07) is 11.7. The van der Waals surface area contributed by atoms with Gasteiger partial charge < -0.3 is 0 Å². The highest BCUT2D eigenvalue weighted by molar-refractivity contribution is 6.33. The fourth-order valence-electron chi connectivity index (χ4n) is 2.30. The van der Waals surface area contributed by atoms with Crippen molar-refractivity contribution in [3.05, 3.63) is 65.7 Å². The minimum absolute atomic E-state index is 0.0101. The number of hydrogen-bond donors (Lipinski definition) is 0. The second kappa shape index (κ2) is 6.09. The standard InChI is InChI=1S/C19H18ClN3/c1-19(2,3)18-10-13(8-9-22-18)16-11-21-12-17(23-16)14-6-4-5-7-15(14)20/h4-12H,1-3H3. The SMILES string of the molecule is CC(C)(C)c1cc(-c2cncc(-c3ccccc3Cl)n2)ccn1. The quantitative estimate of drug-likeness (QED) is 0.654. The first-order valence-electron chi connectivity index (χ1n) is 7.49. The third-order valence-corrected chi connectivity index (χ3v) is 3.94. The van der Waals surface area contributed by atoms with Gasteiger partial charge in [0.1, 0.15) is 0 Å². The predicted octanol–water partition coefficient (Wildman–Crippen LogP) is 5.16. The van der Waals surface area contributed by atoms with Gasteiger partial charge in [0.2, 0.25) is 0 Å². The van der Waals surface area contributed by atoms with E-state index in [0.29, 0.717) is 5.02 Å². The zero-order chi connectivity index (χ0) is 16.4. The molecule has 0 spiro atoms. The average Bonchev–Trinajstić information content (AvgIpc) is 2.55. The summed E-state index contributed by atoms with van der Waals surface area (Å²) in [5, 5.41) is 0.670. The maximum Gasteiger partial charge on any atom is 0.0907 e. The van der Waals surface area contributed by atoms with Gasteiger partial charge in [-0.25, -0.2) is 4.98 Å². The van der Waals surface area contributed by atoms with Gasteiger partial charge in [-0.2, -0.15) is 0 Å². The summed E-state index contributed by atoms with van der Waals surface area (Å²) < 4.78 is 0. The van der Waals surface area contributed by atoms with Gasteiger partial charge in [0.25, 0.3) is 0 Å². The molecule has 0 aliphatic heterocycles. The van der Waals surface area contributed by atoms with E-state index in [-0.39, 0.29) is 5.41 Å². The molecule has 4 heteroatoms. The van der Waals surface area contributed by atoms with E-state index in [9.17, 15) is 0 Å². The molecule has 0 N–H and O–H groups in total. The smallest absolute Gasteiger partial charge is 0.0907 e. The molecule has 0 saturated heterocycles. The molecule has 0 aliphatic carbocycles. The molecule has 1 aromatic carbocycles. The summed E-state index contributed by atoms with van der Waals surface area (Å²) in [5.74, 6) is 0. The molecule has 0 atom stereocenters. The first-order valence-corrected chi connectivity index (χ1v) is 7.87. The molecule has 0 unspecified atom stereocenters. The molecule has 23 heavy (non-hydrogen) atoms. The molecule has 0 bridgehead atoms. The van der Waals surface area contributed by atoms with Crippen molar-refractivity contribution < 1.29 is 0 Å². The summed E-state index contributed by atoms with van der Waals surface area (Å²) >= 11 is 6.26. The van der Waals surface area contributed by atoms with Crippen molar-refractivity contribution in [1.82, 2.24) is 15.0 Å². The monoisotopic (exact) mass is 323 g/mol. The zero-order valence-electron chi connectivity index (χ0n) is 13.4. The highest BCUT2D eigenvalue weighted by Crippen LogP contribution is 2.28. The van der Waals surface area contributed by atoms with Crippen molar-refractivity contribution >= 4 is 11.6 Å². The van der Waals surface area contributed by atoms with Crippen LogP contribution in [0.4, 0.5) is 0 Å². The first-order chi connectivity index (χ1) is 10.9.